The summed E-state index contributed by atoms with van der Waals surface area (Å²) in [5.41, 5.74) is 5.08. The van der Waals surface area contributed by atoms with E-state index in [0.29, 0.717) is 0 Å². The summed E-state index contributed by atoms with van der Waals surface area (Å²) < 4.78 is 58.2. The van der Waals surface area contributed by atoms with Gasteiger partial charge in [-0.25, -0.2) is 17.3 Å². The molecule has 1 rings (SSSR count). The lowest BCUT2D eigenvalue weighted by Gasteiger charge is -2.09. The van der Waals surface area contributed by atoms with Crippen molar-refractivity contribution in [3.63, 3.8) is 0 Å². The smallest absolute Gasteiger partial charge is 0.397 e. The van der Waals surface area contributed by atoms with Crippen LogP contribution in [-0.4, -0.2) is 39.6 Å². The van der Waals surface area contributed by atoms with Crippen LogP contribution in [0.1, 0.15) is 0 Å². The summed E-state index contributed by atoms with van der Waals surface area (Å²) in [5, 5.41) is 9.29. The number of nitrogen functional groups attached to an aromatic ring is 1. The molecular weight excluding hydrogens is 300 g/mol. The lowest BCUT2D eigenvalue weighted by molar-refractivity contribution is 0.272. The molecule has 0 heterocycles. The summed E-state index contributed by atoms with van der Waals surface area (Å²) in [7, 11) is -8.64. The van der Waals surface area contributed by atoms with Gasteiger partial charge in [-0.2, -0.15) is 8.42 Å². The average Bonchev–Trinajstić information content (AvgIpc) is 2.27. The molecule has 9 nitrogen and oxygen atoms in total. The number of para-hydroxylation sites is 1. The van der Waals surface area contributed by atoms with E-state index in [9.17, 15) is 21.9 Å². The molecule has 0 spiro atoms. The molecule has 0 aromatic heterocycles. The van der Waals surface area contributed by atoms with Gasteiger partial charge in [0.05, 0.1) is 12.3 Å². The summed E-state index contributed by atoms with van der Waals surface area (Å²) in [6.45, 7) is -0.992. The van der Waals surface area contributed by atoms with Crippen LogP contribution in [0.3, 0.4) is 0 Å². The van der Waals surface area contributed by atoms with Crippen molar-refractivity contribution in [1.29, 1.82) is 0 Å². The molecule has 1 aromatic rings. The lowest BCUT2D eigenvalue weighted by atomic mass is 10.3. The minimum absolute atomic E-state index is 0.328. The van der Waals surface area contributed by atoms with Gasteiger partial charge in [-0.05, 0) is 12.1 Å². The molecule has 0 aliphatic rings. The number of nitrogens with two attached hydrogens (primary N) is 1. The predicted octanol–water partition coefficient (Wildman–Crippen LogP) is -0.928. The maximum Gasteiger partial charge on any atom is 0.397 e. The number of rotatable bonds is 6. The molecule has 0 radical (unpaired) electrons. The van der Waals surface area contributed by atoms with Gasteiger partial charge in [-0.3, -0.25) is 4.55 Å². The zero-order valence-electron chi connectivity index (χ0n) is 9.48. The monoisotopic (exact) mass is 312 g/mol. The molecule has 0 bridgehead atoms. The third-order valence-corrected chi connectivity index (χ3v) is 3.94. The molecule has 0 saturated carbocycles. The molecule has 5 N–H and O–H groups in total. The Labute approximate surface area is 110 Å². The predicted molar refractivity (Wildman–Crippen MR) is 65.2 cm³/mol. The number of phenols is 1. The van der Waals surface area contributed by atoms with Crippen LogP contribution in [0.5, 0.6) is 5.75 Å². The lowest BCUT2D eigenvalue weighted by Crippen LogP contribution is -2.28. The van der Waals surface area contributed by atoms with Crippen molar-refractivity contribution in [3.8, 4) is 5.75 Å². The van der Waals surface area contributed by atoms with Gasteiger partial charge >= 0.3 is 10.4 Å². The standard InChI is InChI=1S/C8H12N2O7S2/c9-8-6(11)2-1-3-7(8)18(12,13)10-4-5-17-19(14,15)16/h1-3,10-11H,4-5,9H2,(H,14,15,16). The summed E-state index contributed by atoms with van der Waals surface area (Å²) in [6.07, 6.45) is 0. The first-order valence-corrected chi connectivity index (χ1v) is 7.67. The van der Waals surface area contributed by atoms with Gasteiger partial charge in [0.2, 0.25) is 10.0 Å². The van der Waals surface area contributed by atoms with Gasteiger partial charge in [-0.1, -0.05) is 6.07 Å². The van der Waals surface area contributed by atoms with Crippen molar-refractivity contribution in [2.75, 3.05) is 18.9 Å². The van der Waals surface area contributed by atoms with Crippen molar-refractivity contribution < 1.29 is 30.7 Å². The normalized spacial score (nSPS) is 12.5. The van der Waals surface area contributed by atoms with Gasteiger partial charge in [0.15, 0.2) is 0 Å². The topological polar surface area (TPSA) is 156 Å². The van der Waals surface area contributed by atoms with Crippen LogP contribution in [-0.2, 0) is 24.6 Å². The van der Waals surface area contributed by atoms with Crippen LogP contribution >= 0.6 is 0 Å². The maximum atomic E-state index is 11.8. The molecular formula is C8H12N2O7S2. The zero-order chi connectivity index (χ0) is 14.7. The van der Waals surface area contributed by atoms with Gasteiger partial charge < -0.3 is 10.8 Å². The minimum Gasteiger partial charge on any atom is -0.506 e. The van der Waals surface area contributed by atoms with E-state index in [-0.39, 0.29) is 10.6 Å². The van der Waals surface area contributed by atoms with Crippen molar-refractivity contribution in [3.05, 3.63) is 18.2 Å². The maximum absolute atomic E-state index is 11.8. The third-order valence-electron chi connectivity index (χ3n) is 1.96. The van der Waals surface area contributed by atoms with E-state index in [2.05, 4.69) is 4.18 Å². The molecule has 0 atom stereocenters. The van der Waals surface area contributed by atoms with E-state index < -0.39 is 39.3 Å². The van der Waals surface area contributed by atoms with E-state index >= 15 is 0 Å². The molecule has 19 heavy (non-hydrogen) atoms. The Morgan fingerprint density at radius 3 is 2.47 bits per heavy atom. The molecule has 108 valence electrons. The van der Waals surface area contributed by atoms with Gasteiger partial charge in [-0.15, -0.1) is 0 Å². The van der Waals surface area contributed by atoms with Crippen molar-refractivity contribution >= 4 is 26.1 Å². The van der Waals surface area contributed by atoms with Gasteiger partial charge in [0, 0.05) is 6.54 Å². The Morgan fingerprint density at radius 2 is 1.89 bits per heavy atom. The van der Waals surface area contributed by atoms with E-state index in [4.69, 9.17) is 10.3 Å². The van der Waals surface area contributed by atoms with Crippen LogP contribution in [0.4, 0.5) is 5.69 Å². The van der Waals surface area contributed by atoms with Gasteiger partial charge in [0.25, 0.3) is 0 Å². The van der Waals surface area contributed by atoms with Crippen LogP contribution in [0, 0.1) is 0 Å². The molecule has 0 aliphatic carbocycles. The van der Waals surface area contributed by atoms with Crippen LogP contribution in [0.25, 0.3) is 0 Å². The molecule has 0 aliphatic heterocycles. The number of sulfonamides is 1. The zero-order valence-corrected chi connectivity index (χ0v) is 11.1. The SMILES string of the molecule is Nc1c(O)cccc1S(=O)(=O)NCCOS(=O)(=O)O. The molecule has 0 amide bonds. The summed E-state index contributed by atoms with van der Waals surface area (Å²) >= 11 is 0. The number of aromatic hydroxyl groups is 1. The fourth-order valence-electron chi connectivity index (χ4n) is 1.17. The van der Waals surface area contributed by atoms with Crippen LogP contribution in [0.2, 0.25) is 0 Å². The number of hydrogen-bond acceptors (Lipinski definition) is 7. The number of anilines is 1. The first-order valence-electron chi connectivity index (χ1n) is 4.82. The highest BCUT2D eigenvalue weighted by Crippen LogP contribution is 2.26. The number of hydrogen-bond donors (Lipinski definition) is 4. The first-order chi connectivity index (χ1) is 8.63. The first kappa shape index (κ1) is 15.7. The minimum atomic E-state index is -4.62. The fraction of sp³-hybridized carbons (Fsp3) is 0.250. The Morgan fingerprint density at radius 1 is 1.26 bits per heavy atom. The second-order valence-corrected chi connectivity index (χ2v) is 6.16. The number of nitrogens with one attached hydrogen (secondary N) is 1. The molecule has 11 heteroatoms. The van der Waals surface area contributed by atoms with Crippen LogP contribution in [0.15, 0.2) is 23.1 Å². The second-order valence-electron chi connectivity index (χ2n) is 3.34. The highest BCUT2D eigenvalue weighted by Gasteiger charge is 2.19. The summed E-state index contributed by atoms with van der Waals surface area (Å²) in [5.74, 6) is -0.392. The van der Waals surface area contributed by atoms with E-state index in [0.717, 1.165) is 0 Å². The Balaban J connectivity index is 2.74. The van der Waals surface area contributed by atoms with Crippen molar-refractivity contribution in [1.82, 2.24) is 4.72 Å². The Hall–Kier alpha value is -1.40. The molecule has 1 aromatic carbocycles. The van der Waals surface area contributed by atoms with E-state index in [1.54, 1.807) is 0 Å². The van der Waals surface area contributed by atoms with Gasteiger partial charge in [0.1, 0.15) is 10.6 Å². The van der Waals surface area contributed by atoms with Crippen LogP contribution < -0.4 is 10.5 Å². The quantitative estimate of drug-likeness (QED) is 0.227. The highest BCUT2D eigenvalue weighted by molar-refractivity contribution is 7.89. The van der Waals surface area contributed by atoms with Crippen molar-refractivity contribution in [2.45, 2.75) is 4.90 Å². The highest BCUT2D eigenvalue weighted by atomic mass is 32.3. The molecule has 0 saturated heterocycles. The number of benzene rings is 1. The summed E-state index contributed by atoms with van der Waals surface area (Å²) in [4.78, 5) is -0.348. The Kier molecular flexibility index (Phi) is 4.70. The molecule has 0 unspecified atom stereocenters. The summed E-state index contributed by atoms with van der Waals surface area (Å²) in [6, 6.07) is 3.67. The molecule has 0 fully saturated rings. The largest absolute Gasteiger partial charge is 0.506 e. The van der Waals surface area contributed by atoms with E-state index in [1.165, 1.54) is 18.2 Å². The van der Waals surface area contributed by atoms with E-state index in [1.807, 2.05) is 4.72 Å². The van der Waals surface area contributed by atoms with Crippen molar-refractivity contribution in [2.24, 2.45) is 0 Å². The third kappa shape index (κ3) is 4.65. The Bertz CT molecular complexity index is 654. The average molecular weight is 312 g/mol. The number of phenolic OH excluding ortho intramolecular Hbond substituents is 1. The fourth-order valence-corrected chi connectivity index (χ4v) is 2.62. The second kappa shape index (κ2) is 5.71.